The number of benzene rings is 1. The van der Waals surface area contributed by atoms with Crippen molar-refractivity contribution in [3.63, 3.8) is 0 Å². The van der Waals surface area contributed by atoms with Crippen LogP contribution in [0.15, 0.2) is 28.7 Å². The molecule has 4 heteroatoms. The number of rotatable bonds is 4. The topological polar surface area (TPSA) is 32.3 Å². The van der Waals surface area contributed by atoms with Gasteiger partial charge in [-0.15, -0.1) is 0 Å². The molecule has 20 heavy (non-hydrogen) atoms. The number of halogens is 1. The Kier molecular flexibility index (Phi) is 5.22. The lowest BCUT2D eigenvalue weighted by molar-refractivity contribution is -0.137. The lowest BCUT2D eigenvalue weighted by Crippen LogP contribution is -2.59. The van der Waals surface area contributed by atoms with E-state index in [4.69, 9.17) is 0 Å². The second-order valence-electron chi connectivity index (χ2n) is 5.98. The highest BCUT2D eigenvalue weighted by atomic mass is 79.9. The van der Waals surface area contributed by atoms with E-state index in [0.717, 1.165) is 36.9 Å². The number of aryl methyl sites for hydroxylation is 1. The quantitative estimate of drug-likeness (QED) is 0.915. The summed E-state index contributed by atoms with van der Waals surface area (Å²) in [7, 11) is 0. The number of carbonyl (C=O) groups is 1. The Morgan fingerprint density at radius 3 is 2.85 bits per heavy atom. The molecule has 0 radical (unpaired) electrons. The maximum absolute atomic E-state index is 12.4. The predicted octanol–water partition coefficient (Wildman–Crippen LogP) is 2.98. The van der Waals surface area contributed by atoms with Crippen LogP contribution in [0.2, 0.25) is 0 Å². The van der Waals surface area contributed by atoms with Crippen molar-refractivity contribution in [2.24, 2.45) is 0 Å². The van der Waals surface area contributed by atoms with Gasteiger partial charge in [-0.3, -0.25) is 4.79 Å². The molecule has 0 aliphatic carbocycles. The molecule has 0 unspecified atom stereocenters. The average molecular weight is 339 g/mol. The minimum Gasteiger partial charge on any atom is -0.335 e. The minimum absolute atomic E-state index is 0.0668. The van der Waals surface area contributed by atoms with Crippen LogP contribution < -0.4 is 5.32 Å². The van der Waals surface area contributed by atoms with Crippen LogP contribution in [0.3, 0.4) is 0 Å². The number of nitrogens with zero attached hydrogens (tertiary/aromatic N) is 1. The first-order valence-electron chi connectivity index (χ1n) is 7.25. The summed E-state index contributed by atoms with van der Waals surface area (Å²) in [5.41, 5.74) is 1.21. The molecular formula is C16H23BrN2O. The summed E-state index contributed by atoms with van der Waals surface area (Å²) in [4.78, 5) is 14.4. The van der Waals surface area contributed by atoms with Crippen LogP contribution in [0.25, 0.3) is 0 Å². The first-order valence-corrected chi connectivity index (χ1v) is 8.04. The number of amides is 1. The van der Waals surface area contributed by atoms with Crippen LogP contribution >= 0.6 is 15.9 Å². The lowest BCUT2D eigenvalue weighted by atomic mass is 9.99. The Balaban J connectivity index is 1.85. The standard InChI is InChI=1S/C16H23BrN2O/c1-16(2)12-18-10-11-19(16)15(20)9-5-7-13-6-3-4-8-14(13)17/h3-4,6,8,18H,5,7,9-12H2,1-2H3. The van der Waals surface area contributed by atoms with Gasteiger partial charge >= 0.3 is 0 Å². The fraction of sp³-hybridized carbons (Fsp3) is 0.562. The van der Waals surface area contributed by atoms with Gasteiger partial charge in [0.2, 0.25) is 5.91 Å². The van der Waals surface area contributed by atoms with E-state index in [0.29, 0.717) is 6.42 Å². The smallest absolute Gasteiger partial charge is 0.223 e. The molecule has 1 N–H and O–H groups in total. The second kappa shape index (κ2) is 6.72. The number of hydrogen-bond acceptors (Lipinski definition) is 2. The van der Waals surface area contributed by atoms with E-state index in [1.165, 1.54) is 5.56 Å². The molecule has 0 bridgehead atoms. The van der Waals surface area contributed by atoms with Gasteiger partial charge < -0.3 is 10.2 Å². The second-order valence-corrected chi connectivity index (χ2v) is 6.83. The van der Waals surface area contributed by atoms with Crippen molar-refractivity contribution in [2.45, 2.75) is 38.6 Å². The summed E-state index contributed by atoms with van der Waals surface area (Å²) >= 11 is 3.55. The number of carbonyl (C=O) groups excluding carboxylic acids is 1. The Morgan fingerprint density at radius 2 is 2.15 bits per heavy atom. The van der Waals surface area contributed by atoms with Crippen molar-refractivity contribution < 1.29 is 4.79 Å². The number of nitrogens with one attached hydrogen (secondary N) is 1. The number of hydrogen-bond donors (Lipinski definition) is 1. The third-order valence-electron chi connectivity index (χ3n) is 3.90. The molecular weight excluding hydrogens is 316 g/mol. The molecule has 1 amide bonds. The van der Waals surface area contributed by atoms with Crippen LogP contribution in [-0.4, -0.2) is 36.0 Å². The Labute approximate surface area is 129 Å². The van der Waals surface area contributed by atoms with Crippen molar-refractivity contribution in [3.05, 3.63) is 34.3 Å². The fourth-order valence-electron chi connectivity index (χ4n) is 2.71. The highest BCUT2D eigenvalue weighted by Gasteiger charge is 2.32. The van der Waals surface area contributed by atoms with Gasteiger partial charge in [0.15, 0.2) is 0 Å². The van der Waals surface area contributed by atoms with Crippen molar-refractivity contribution >= 4 is 21.8 Å². The van der Waals surface area contributed by atoms with Crippen LogP contribution in [0, 0.1) is 0 Å². The van der Waals surface area contributed by atoms with E-state index >= 15 is 0 Å². The average Bonchev–Trinajstić information content (AvgIpc) is 2.40. The van der Waals surface area contributed by atoms with Crippen LogP contribution in [0.5, 0.6) is 0 Å². The van der Waals surface area contributed by atoms with Crippen molar-refractivity contribution in [1.29, 1.82) is 0 Å². The van der Waals surface area contributed by atoms with Crippen molar-refractivity contribution in [3.8, 4) is 0 Å². The molecule has 0 atom stereocenters. The summed E-state index contributed by atoms with van der Waals surface area (Å²) in [5.74, 6) is 0.281. The van der Waals surface area contributed by atoms with Gasteiger partial charge in [-0.1, -0.05) is 34.1 Å². The molecule has 2 rings (SSSR count). The van der Waals surface area contributed by atoms with Gasteiger partial charge in [0, 0.05) is 36.1 Å². The Hall–Kier alpha value is -0.870. The van der Waals surface area contributed by atoms with Gasteiger partial charge in [0.25, 0.3) is 0 Å². The molecule has 1 fully saturated rings. The summed E-state index contributed by atoms with van der Waals surface area (Å²) in [5, 5.41) is 3.35. The van der Waals surface area contributed by atoms with Crippen molar-refractivity contribution in [2.75, 3.05) is 19.6 Å². The zero-order chi connectivity index (χ0) is 14.6. The minimum atomic E-state index is -0.0668. The SMILES string of the molecule is CC1(C)CNCCN1C(=O)CCCc1ccccc1Br. The fourth-order valence-corrected chi connectivity index (χ4v) is 3.19. The molecule has 0 spiro atoms. The van der Waals surface area contributed by atoms with E-state index in [2.05, 4.69) is 47.2 Å². The first-order chi connectivity index (χ1) is 9.50. The summed E-state index contributed by atoms with van der Waals surface area (Å²) in [6.45, 7) is 6.86. The Morgan fingerprint density at radius 1 is 1.40 bits per heavy atom. The zero-order valence-electron chi connectivity index (χ0n) is 12.3. The third kappa shape index (κ3) is 3.83. The first kappa shape index (κ1) is 15.5. The van der Waals surface area contributed by atoms with Gasteiger partial charge in [-0.05, 0) is 38.3 Å². The molecule has 3 nitrogen and oxygen atoms in total. The van der Waals surface area contributed by atoms with E-state index in [-0.39, 0.29) is 11.4 Å². The van der Waals surface area contributed by atoms with Gasteiger partial charge in [0.1, 0.15) is 0 Å². The molecule has 1 aromatic carbocycles. The lowest BCUT2D eigenvalue weighted by Gasteiger charge is -2.43. The van der Waals surface area contributed by atoms with Crippen LogP contribution in [0.1, 0.15) is 32.3 Å². The predicted molar refractivity (Wildman–Crippen MR) is 85.7 cm³/mol. The molecule has 1 aromatic rings. The van der Waals surface area contributed by atoms with Gasteiger partial charge in [0.05, 0.1) is 0 Å². The summed E-state index contributed by atoms with van der Waals surface area (Å²) < 4.78 is 1.13. The highest BCUT2D eigenvalue weighted by molar-refractivity contribution is 9.10. The normalized spacial score (nSPS) is 18.1. The van der Waals surface area contributed by atoms with Gasteiger partial charge in [-0.25, -0.2) is 0 Å². The van der Waals surface area contributed by atoms with Crippen molar-refractivity contribution in [1.82, 2.24) is 10.2 Å². The van der Waals surface area contributed by atoms with E-state index in [1.807, 2.05) is 17.0 Å². The largest absolute Gasteiger partial charge is 0.335 e. The molecule has 0 aromatic heterocycles. The monoisotopic (exact) mass is 338 g/mol. The van der Waals surface area contributed by atoms with Crippen LogP contribution in [0.4, 0.5) is 0 Å². The molecule has 1 saturated heterocycles. The Bertz CT molecular complexity index is 473. The maximum Gasteiger partial charge on any atom is 0.223 e. The third-order valence-corrected chi connectivity index (χ3v) is 4.67. The summed E-state index contributed by atoms with van der Waals surface area (Å²) in [6.07, 6.45) is 2.48. The molecule has 0 saturated carbocycles. The van der Waals surface area contributed by atoms with E-state index < -0.39 is 0 Å². The van der Waals surface area contributed by atoms with E-state index in [1.54, 1.807) is 0 Å². The zero-order valence-corrected chi connectivity index (χ0v) is 13.9. The molecule has 1 aliphatic heterocycles. The summed E-state index contributed by atoms with van der Waals surface area (Å²) in [6, 6.07) is 8.23. The number of piperazine rings is 1. The van der Waals surface area contributed by atoms with E-state index in [9.17, 15) is 4.79 Å². The molecule has 110 valence electrons. The molecule has 1 heterocycles. The van der Waals surface area contributed by atoms with Gasteiger partial charge in [-0.2, -0.15) is 0 Å². The van der Waals surface area contributed by atoms with Crippen LogP contribution in [-0.2, 0) is 11.2 Å². The maximum atomic E-state index is 12.4. The molecule has 1 aliphatic rings. The highest BCUT2D eigenvalue weighted by Crippen LogP contribution is 2.20.